The van der Waals surface area contributed by atoms with Crippen molar-refractivity contribution in [2.75, 3.05) is 35.7 Å². The lowest BCUT2D eigenvalue weighted by Gasteiger charge is -2.44. The van der Waals surface area contributed by atoms with E-state index in [1.165, 1.54) is 19.2 Å². The average molecular weight is 619 g/mol. The Balaban J connectivity index is 1.28. The monoisotopic (exact) mass is 618 g/mol. The summed E-state index contributed by atoms with van der Waals surface area (Å²) < 4.78 is 48.5. The Labute approximate surface area is 256 Å². The minimum atomic E-state index is -4.83. The summed E-state index contributed by atoms with van der Waals surface area (Å²) in [6, 6.07) is 21.8. The van der Waals surface area contributed by atoms with Gasteiger partial charge >= 0.3 is 6.36 Å². The van der Waals surface area contributed by atoms with Crippen molar-refractivity contribution in [3.8, 4) is 11.5 Å². The number of piperidine rings is 1. The van der Waals surface area contributed by atoms with Gasteiger partial charge in [-0.2, -0.15) is 0 Å². The highest BCUT2D eigenvalue weighted by Gasteiger charge is 2.35. The van der Waals surface area contributed by atoms with Crippen LogP contribution in [0.2, 0.25) is 0 Å². The maximum absolute atomic E-state index is 13.3. The summed E-state index contributed by atoms with van der Waals surface area (Å²) in [5.74, 6) is -0.381. The second-order valence-electron chi connectivity index (χ2n) is 11.0. The van der Waals surface area contributed by atoms with E-state index in [0.29, 0.717) is 36.6 Å². The lowest BCUT2D eigenvalue weighted by Crippen LogP contribution is -2.47. The van der Waals surface area contributed by atoms with Gasteiger partial charge in [0.2, 0.25) is 0 Å². The zero-order chi connectivity index (χ0) is 31.7. The number of nitrogens with zero attached hydrogens (tertiary/aromatic N) is 2. The van der Waals surface area contributed by atoms with Crippen molar-refractivity contribution in [1.29, 1.82) is 0 Å². The zero-order valence-corrected chi connectivity index (χ0v) is 24.1. The Kier molecular flexibility index (Phi) is 7.96. The van der Waals surface area contributed by atoms with Gasteiger partial charge in [-0.05, 0) is 85.1 Å². The Morgan fingerprint density at radius 1 is 0.822 bits per heavy atom. The number of ether oxygens (including phenoxy) is 2. The molecular weight excluding hydrogens is 589 g/mol. The van der Waals surface area contributed by atoms with Gasteiger partial charge in [-0.1, -0.05) is 6.07 Å². The fourth-order valence-electron chi connectivity index (χ4n) is 6.03. The van der Waals surface area contributed by atoms with Crippen LogP contribution in [0.4, 0.5) is 30.2 Å². The number of alkyl halides is 3. The van der Waals surface area contributed by atoms with Gasteiger partial charge in [0.25, 0.3) is 17.4 Å². The maximum atomic E-state index is 13.3. The first kappa shape index (κ1) is 29.8. The van der Waals surface area contributed by atoms with Gasteiger partial charge < -0.3 is 29.6 Å². The van der Waals surface area contributed by atoms with E-state index < -0.39 is 18.0 Å². The summed E-state index contributed by atoms with van der Waals surface area (Å²) in [5.41, 5.74) is 3.00. The van der Waals surface area contributed by atoms with Gasteiger partial charge in [0.1, 0.15) is 11.5 Å². The molecule has 6 rings (SSSR count). The summed E-state index contributed by atoms with van der Waals surface area (Å²) in [7, 11) is 1.53. The molecule has 9 nitrogen and oxygen atoms in total. The van der Waals surface area contributed by atoms with Crippen LogP contribution in [0.25, 0.3) is 0 Å². The molecule has 45 heavy (non-hydrogen) atoms. The standard InChI is InChI=1S/C33H29F3N4O5/c1-44-25-10-5-21(6-11-25)31(42)38-27-16-22(32(43)37-24-8-12-26(13-9-24)45-33(34,35)36)7-14-29(27)39-17-20-15-23(19-39)28-3-2-4-30(41)40(28)18-20/h2-14,16,20,23H,15,17-19H2,1H3,(H,37,43)(H,38,42). The van der Waals surface area contributed by atoms with Crippen molar-refractivity contribution in [3.05, 3.63) is 112 Å². The highest BCUT2D eigenvalue weighted by atomic mass is 19.4. The number of halogens is 3. The van der Waals surface area contributed by atoms with Gasteiger partial charge in [0.05, 0.1) is 18.5 Å². The highest BCUT2D eigenvalue weighted by molar-refractivity contribution is 6.09. The number of hydrogen-bond donors (Lipinski definition) is 2. The Hall–Kier alpha value is -5.26. The van der Waals surface area contributed by atoms with Crippen LogP contribution in [0, 0.1) is 5.92 Å². The fourth-order valence-corrected chi connectivity index (χ4v) is 6.03. The topological polar surface area (TPSA) is 102 Å². The van der Waals surface area contributed by atoms with Crippen LogP contribution in [0.5, 0.6) is 11.5 Å². The molecule has 3 aromatic carbocycles. The van der Waals surface area contributed by atoms with Crippen LogP contribution in [-0.2, 0) is 6.54 Å². The van der Waals surface area contributed by atoms with Crippen LogP contribution in [0.15, 0.2) is 89.7 Å². The quantitative estimate of drug-likeness (QED) is 0.268. The minimum absolute atomic E-state index is 0.0130. The average Bonchev–Trinajstić information content (AvgIpc) is 3.01. The predicted octanol–water partition coefficient (Wildman–Crippen LogP) is 5.88. The summed E-state index contributed by atoms with van der Waals surface area (Å²) in [4.78, 5) is 41.3. The van der Waals surface area contributed by atoms with E-state index in [1.807, 2.05) is 10.6 Å². The number of anilines is 3. The van der Waals surface area contributed by atoms with E-state index in [9.17, 15) is 27.6 Å². The van der Waals surface area contributed by atoms with Crippen LogP contribution >= 0.6 is 0 Å². The van der Waals surface area contributed by atoms with E-state index in [2.05, 4.69) is 20.3 Å². The van der Waals surface area contributed by atoms with E-state index in [4.69, 9.17) is 4.74 Å². The molecule has 2 bridgehead atoms. The number of amides is 2. The number of fused-ring (bicyclic) bond motifs is 4. The number of pyridine rings is 1. The largest absolute Gasteiger partial charge is 0.573 e. The maximum Gasteiger partial charge on any atom is 0.573 e. The molecule has 12 heteroatoms. The molecule has 2 N–H and O–H groups in total. The molecule has 2 atom stereocenters. The first-order valence-electron chi connectivity index (χ1n) is 14.3. The van der Waals surface area contributed by atoms with Gasteiger partial charge in [-0.3, -0.25) is 14.4 Å². The third-order valence-corrected chi connectivity index (χ3v) is 8.03. The number of aromatic nitrogens is 1. The Morgan fingerprint density at radius 3 is 2.22 bits per heavy atom. The normalized spacial score (nSPS) is 17.2. The number of benzene rings is 3. The Morgan fingerprint density at radius 2 is 1.51 bits per heavy atom. The first-order valence-corrected chi connectivity index (χ1v) is 14.3. The summed E-state index contributed by atoms with van der Waals surface area (Å²) in [5, 5.41) is 5.64. The van der Waals surface area contributed by atoms with Crippen LogP contribution in [-0.4, -0.2) is 42.9 Å². The van der Waals surface area contributed by atoms with Crippen molar-refractivity contribution in [2.45, 2.75) is 25.2 Å². The number of carbonyl (C=O) groups excluding carboxylic acids is 2. The van der Waals surface area contributed by atoms with E-state index >= 15 is 0 Å². The third kappa shape index (κ3) is 6.64. The van der Waals surface area contributed by atoms with Gasteiger partial charge in [0, 0.05) is 54.1 Å². The molecule has 0 aliphatic carbocycles. The molecule has 232 valence electrons. The van der Waals surface area contributed by atoms with Gasteiger partial charge in [-0.25, -0.2) is 0 Å². The second-order valence-corrected chi connectivity index (χ2v) is 11.0. The smallest absolute Gasteiger partial charge is 0.497 e. The van der Waals surface area contributed by atoms with E-state index in [1.54, 1.807) is 54.6 Å². The molecule has 2 aliphatic heterocycles. The number of methoxy groups -OCH3 is 1. The van der Waals surface area contributed by atoms with Crippen molar-refractivity contribution in [1.82, 2.24) is 4.57 Å². The van der Waals surface area contributed by atoms with Gasteiger partial charge in [0.15, 0.2) is 0 Å². The van der Waals surface area contributed by atoms with Crippen LogP contribution in [0.1, 0.15) is 38.7 Å². The Bertz CT molecular complexity index is 1790. The summed E-state index contributed by atoms with van der Waals surface area (Å²) in [6.07, 6.45) is -3.88. The van der Waals surface area contributed by atoms with Crippen LogP contribution in [0.3, 0.4) is 0 Å². The number of carbonyl (C=O) groups is 2. The molecule has 0 spiro atoms. The van der Waals surface area contributed by atoms with Crippen molar-refractivity contribution in [3.63, 3.8) is 0 Å². The molecule has 1 saturated heterocycles. The highest BCUT2D eigenvalue weighted by Crippen LogP contribution is 2.39. The minimum Gasteiger partial charge on any atom is -0.497 e. The molecule has 1 aromatic heterocycles. The molecule has 0 radical (unpaired) electrons. The lowest BCUT2D eigenvalue weighted by atomic mass is 9.83. The molecular formula is C33H29F3N4O5. The van der Waals surface area contributed by atoms with Crippen molar-refractivity contribution >= 4 is 28.9 Å². The lowest BCUT2D eigenvalue weighted by molar-refractivity contribution is -0.274. The second kappa shape index (κ2) is 12.0. The number of nitrogens with one attached hydrogen (secondary N) is 2. The SMILES string of the molecule is COc1ccc(C(=O)Nc2cc(C(=O)Nc3ccc(OC(F)(F)F)cc3)ccc2N2CC3CC(C2)c2cccc(=O)n2C3)cc1. The summed E-state index contributed by atoms with van der Waals surface area (Å²) in [6.45, 7) is 1.87. The number of rotatable bonds is 7. The van der Waals surface area contributed by atoms with Crippen molar-refractivity contribution in [2.24, 2.45) is 5.92 Å². The van der Waals surface area contributed by atoms with Crippen molar-refractivity contribution < 1.29 is 32.2 Å². The third-order valence-electron chi connectivity index (χ3n) is 8.03. The van der Waals surface area contributed by atoms with Gasteiger partial charge in [-0.15, -0.1) is 13.2 Å². The first-order chi connectivity index (χ1) is 21.6. The molecule has 2 amide bonds. The molecule has 4 aromatic rings. The summed E-state index contributed by atoms with van der Waals surface area (Å²) >= 11 is 0. The number of hydrogen-bond acceptors (Lipinski definition) is 6. The van der Waals surface area contributed by atoms with Crippen LogP contribution < -0.4 is 30.6 Å². The molecule has 0 saturated carbocycles. The van der Waals surface area contributed by atoms with E-state index in [0.717, 1.165) is 29.9 Å². The molecule has 1 fully saturated rings. The molecule has 2 aliphatic rings. The molecule has 2 unspecified atom stereocenters. The predicted molar refractivity (Wildman–Crippen MR) is 162 cm³/mol. The van der Waals surface area contributed by atoms with E-state index in [-0.39, 0.29) is 34.6 Å². The molecule has 3 heterocycles. The zero-order valence-electron chi connectivity index (χ0n) is 24.1. The fraction of sp³-hybridized carbons (Fsp3) is 0.242.